The summed E-state index contributed by atoms with van der Waals surface area (Å²) in [7, 11) is 1.63. The number of ether oxygens (including phenoxy) is 3. The molecule has 1 aliphatic heterocycles. The average Bonchev–Trinajstić information content (AvgIpc) is 3.33. The van der Waals surface area contributed by atoms with Gasteiger partial charge in [0.2, 0.25) is 0 Å². The molecule has 0 aliphatic carbocycles. The molecule has 0 saturated carbocycles. The van der Waals surface area contributed by atoms with Gasteiger partial charge in [0.15, 0.2) is 6.23 Å². The first-order valence-corrected chi connectivity index (χ1v) is 9.43. The zero-order chi connectivity index (χ0) is 20.4. The van der Waals surface area contributed by atoms with Crippen LogP contribution in [0.2, 0.25) is 0 Å². The number of methoxy groups -OCH3 is 1. The van der Waals surface area contributed by atoms with Gasteiger partial charge >= 0.3 is 6.16 Å². The molecule has 2 atom stereocenters. The maximum atomic E-state index is 11.6. The second kappa shape index (κ2) is 7.96. The van der Waals surface area contributed by atoms with E-state index in [-0.39, 0.29) is 12.6 Å². The lowest BCUT2D eigenvalue weighted by Crippen LogP contribution is -2.27. The fraction of sp³-hybridized carbons (Fsp3) is 0.350. The molecule has 2 unspecified atom stereocenters. The third kappa shape index (κ3) is 3.68. The van der Waals surface area contributed by atoms with Gasteiger partial charge in [-0.3, -0.25) is 5.32 Å². The number of rotatable bonds is 5. The fourth-order valence-corrected chi connectivity index (χ4v) is 3.65. The van der Waals surface area contributed by atoms with E-state index < -0.39 is 12.4 Å². The van der Waals surface area contributed by atoms with Crippen molar-refractivity contribution < 1.29 is 19.0 Å². The van der Waals surface area contributed by atoms with Crippen LogP contribution >= 0.6 is 0 Å². The maximum Gasteiger partial charge on any atom is 0.509 e. The predicted octanol–water partition coefficient (Wildman–Crippen LogP) is 2.72. The molecule has 9 nitrogen and oxygen atoms in total. The number of benzene rings is 1. The van der Waals surface area contributed by atoms with Gasteiger partial charge in [-0.2, -0.15) is 0 Å². The maximum absolute atomic E-state index is 11.6. The second-order valence-corrected chi connectivity index (χ2v) is 6.73. The number of carbonyl (C=O) groups excluding carboxylic acids is 1. The van der Waals surface area contributed by atoms with Crippen LogP contribution in [0.4, 0.5) is 10.6 Å². The number of hydrogen-bond donors (Lipinski definition) is 2. The van der Waals surface area contributed by atoms with E-state index >= 15 is 0 Å². The topological polar surface area (TPSA) is 114 Å². The Bertz CT molecular complexity index is 1030. The molecular weight excluding hydrogens is 374 g/mol. The summed E-state index contributed by atoms with van der Waals surface area (Å²) in [5, 5.41) is 3.99. The fourth-order valence-electron chi connectivity index (χ4n) is 3.65. The first kappa shape index (κ1) is 19.0. The molecule has 0 amide bonds. The summed E-state index contributed by atoms with van der Waals surface area (Å²) < 4.78 is 17.6. The minimum atomic E-state index is -0.674. The molecule has 29 heavy (non-hydrogen) atoms. The van der Waals surface area contributed by atoms with E-state index in [2.05, 4.69) is 19.9 Å². The minimum absolute atomic E-state index is 0.0329. The van der Waals surface area contributed by atoms with Crippen molar-refractivity contribution in [2.24, 2.45) is 0 Å². The van der Waals surface area contributed by atoms with Crippen molar-refractivity contribution in [1.29, 1.82) is 0 Å². The first-order chi connectivity index (χ1) is 14.1. The first-order valence-electron chi connectivity index (χ1n) is 9.43. The number of nitrogens with one attached hydrogen (secondary N) is 1. The van der Waals surface area contributed by atoms with Crippen molar-refractivity contribution in [1.82, 2.24) is 19.9 Å². The van der Waals surface area contributed by atoms with Crippen LogP contribution in [0.5, 0.6) is 5.75 Å². The van der Waals surface area contributed by atoms with Gasteiger partial charge < -0.3 is 24.5 Å². The highest BCUT2D eigenvalue weighted by molar-refractivity contribution is 6.00. The van der Waals surface area contributed by atoms with Crippen LogP contribution in [0, 0.1) is 0 Å². The zero-order valence-corrected chi connectivity index (χ0v) is 16.3. The summed E-state index contributed by atoms with van der Waals surface area (Å²) in [6.07, 6.45) is 2.97. The van der Waals surface area contributed by atoms with Gasteiger partial charge in [-0.25, -0.2) is 14.8 Å². The van der Waals surface area contributed by atoms with Crippen LogP contribution in [0.25, 0.3) is 22.2 Å². The van der Waals surface area contributed by atoms with Crippen molar-refractivity contribution >= 4 is 23.0 Å². The summed E-state index contributed by atoms with van der Waals surface area (Å²) in [4.78, 5) is 20.3. The Labute approximate surface area is 167 Å². The third-order valence-electron chi connectivity index (χ3n) is 4.98. The molecule has 1 fully saturated rings. The van der Waals surface area contributed by atoms with Gasteiger partial charge in [-0.05, 0) is 24.6 Å². The van der Waals surface area contributed by atoms with E-state index in [9.17, 15) is 4.79 Å². The average molecular weight is 397 g/mol. The van der Waals surface area contributed by atoms with Crippen LogP contribution in [0.1, 0.15) is 19.4 Å². The van der Waals surface area contributed by atoms with Crippen molar-refractivity contribution in [3.63, 3.8) is 0 Å². The molecule has 3 heterocycles. The van der Waals surface area contributed by atoms with Gasteiger partial charge in [0, 0.05) is 24.7 Å². The number of nitrogen functional groups attached to an aromatic ring is 1. The summed E-state index contributed by atoms with van der Waals surface area (Å²) in [5.41, 5.74) is 8.82. The minimum Gasteiger partial charge on any atom is -0.497 e. The largest absolute Gasteiger partial charge is 0.509 e. The van der Waals surface area contributed by atoms with Crippen molar-refractivity contribution in [2.75, 3.05) is 26.0 Å². The predicted molar refractivity (Wildman–Crippen MR) is 107 cm³/mol. The summed E-state index contributed by atoms with van der Waals surface area (Å²) in [6.45, 7) is 2.63. The van der Waals surface area contributed by atoms with Gasteiger partial charge in [-0.15, -0.1) is 0 Å². The van der Waals surface area contributed by atoms with E-state index in [1.807, 2.05) is 30.5 Å². The third-order valence-corrected chi connectivity index (χ3v) is 4.98. The Balaban J connectivity index is 1.69. The van der Waals surface area contributed by atoms with Gasteiger partial charge in [-0.1, -0.05) is 12.1 Å². The Morgan fingerprint density at radius 2 is 2.24 bits per heavy atom. The second-order valence-electron chi connectivity index (χ2n) is 6.73. The Morgan fingerprint density at radius 1 is 1.38 bits per heavy atom. The number of carbonyl (C=O) groups is 1. The van der Waals surface area contributed by atoms with Gasteiger partial charge in [0.1, 0.15) is 23.5 Å². The molecule has 0 spiro atoms. The van der Waals surface area contributed by atoms with Crippen LogP contribution in [0.15, 0.2) is 36.8 Å². The van der Waals surface area contributed by atoms with Gasteiger partial charge in [0.25, 0.3) is 0 Å². The SMILES string of the molecule is CCOC(=O)OC1CC(n2cc(-c3cccc(OC)c3)c3c(N)ncnc32)CN1. The Kier molecular flexibility index (Phi) is 5.22. The molecule has 1 aromatic carbocycles. The van der Waals surface area contributed by atoms with Crippen LogP contribution < -0.4 is 15.8 Å². The van der Waals surface area contributed by atoms with E-state index in [1.54, 1.807) is 14.0 Å². The molecule has 3 aromatic rings. The smallest absolute Gasteiger partial charge is 0.497 e. The Hall–Kier alpha value is -3.33. The molecule has 1 aliphatic rings. The molecule has 1 saturated heterocycles. The van der Waals surface area contributed by atoms with E-state index in [4.69, 9.17) is 19.9 Å². The quantitative estimate of drug-likeness (QED) is 0.632. The van der Waals surface area contributed by atoms with Crippen molar-refractivity contribution in [2.45, 2.75) is 25.6 Å². The number of nitrogens with two attached hydrogens (primary N) is 1. The van der Waals surface area contributed by atoms with E-state index in [1.165, 1.54) is 6.33 Å². The highest BCUT2D eigenvalue weighted by Crippen LogP contribution is 2.37. The monoisotopic (exact) mass is 397 g/mol. The number of aromatic nitrogens is 3. The normalized spacial score (nSPS) is 18.7. The summed E-state index contributed by atoms with van der Waals surface area (Å²) >= 11 is 0. The molecule has 0 radical (unpaired) electrons. The zero-order valence-electron chi connectivity index (χ0n) is 16.3. The highest BCUT2D eigenvalue weighted by Gasteiger charge is 2.30. The van der Waals surface area contributed by atoms with Crippen molar-refractivity contribution in [3.8, 4) is 16.9 Å². The van der Waals surface area contributed by atoms with E-state index in [0.29, 0.717) is 18.8 Å². The molecule has 3 N–H and O–H groups in total. The highest BCUT2D eigenvalue weighted by atomic mass is 16.7. The molecule has 152 valence electrons. The lowest BCUT2D eigenvalue weighted by molar-refractivity contribution is 0.0205. The standard InChI is InChI=1S/C20H23N5O4/c1-3-28-20(26)29-16-8-13(9-22-16)25-10-15(12-5-4-6-14(7-12)27-2)17-18(21)23-11-24-19(17)25/h4-7,10-11,13,16,22H,3,8-9H2,1-2H3,(H2,21,23,24). The van der Waals surface area contributed by atoms with E-state index in [0.717, 1.165) is 27.9 Å². The molecule has 2 aromatic heterocycles. The summed E-state index contributed by atoms with van der Waals surface area (Å²) in [6, 6.07) is 7.79. The molecule has 4 rings (SSSR count). The molecule has 9 heteroatoms. The lowest BCUT2D eigenvalue weighted by Gasteiger charge is -2.13. The number of fused-ring (bicyclic) bond motifs is 1. The Morgan fingerprint density at radius 3 is 3.03 bits per heavy atom. The van der Waals surface area contributed by atoms with Crippen LogP contribution in [-0.4, -0.2) is 47.2 Å². The van der Waals surface area contributed by atoms with Crippen LogP contribution in [-0.2, 0) is 9.47 Å². The number of anilines is 1. The molecule has 0 bridgehead atoms. The van der Waals surface area contributed by atoms with Crippen LogP contribution in [0.3, 0.4) is 0 Å². The summed E-state index contributed by atoms with van der Waals surface area (Å²) in [5.74, 6) is 1.17. The van der Waals surface area contributed by atoms with Crippen molar-refractivity contribution in [3.05, 3.63) is 36.8 Å². The van der Waals surface area contributed by atoms with Gasteiger partial charge in [0.05, 0.1) is 25.1 Å². The number of nitrogens with zero attached hydrogens (tertiary/aromatic N) is 3. The molecular formula is C20H23N5O4. The lowest BCUT2D eigenvalue weighted by atomic mass is 10.1. The number of hydrogen-bond acceptors (Lipinski definition) is 8.